The van der Waals surface area contributed by atoms with Crippen molar-refractivity contribution in [2.24, 2.45) is 5.10 Å². The Morgan fingerprint density at radius 1 is 1.32 bits per heavy atom. The third kappa shape index (κ3) is 3.92. The van der Waals surface area contributed by atoms with E-state index >= 15 is 0 Å². The molecule has 6 nitrogen and oxygen atoms in total. The van der Waals surface area contributed by atoms with Gasteiger partial charge in [0.1, 0.15) is 17.1 Å². The van der Waals surface area contributed by atoms with Crippen LogP contribution in [0.25, 0.3) is 11.0 Å². The molecule has 0 spiro atoms. The van der Waals surface area contributed by atoms with Crippen molar-refractivity contribution in [3.05, 3.63) is 58.8 Å². The lowest BCUT2D eigenvalue weighted by Gasteiger charge is -2.00. The van der Waals surface area contributed by atoms with Crippen LogP contribution in [0.1, 0.15) is 23.0 Å². The summed E-state index contributed by atoms with van der Waals surface area (Å²) in [5.41, 5.74) is 3.60. The van der Waals surface area contributed by atoms with Crippen molar-refractivity contribution in [3.63, 3.8) is 0 Å². The molecule has 0 saturated heterocycles. The summed E-state index contributed by atoms with van der Waals surface area (Å²) in [5, 5.41) is 14.2. The van der Waals surface area contributed by atoms with Gasteiger partial charge in [-0.1, -0.05) is 11.6 Å². The van der Waals surface area contributed by atoms with Crippen LogP contribution in [0, 0.1) is 0 Å². The number of phenolic OH excluding ortho intramolecular Hbond substituents is 1. The number of ether oxygens (including phenoxy) is 1. The molecule has 0 aliphatic carbocycles. The fourth-order valence-corrected chi connectivity index (χ4v) is 2.40. The van der Waals surface area contributed by atoms with Gasteiger partial charge in [0.2, 0.25) is 0 Å². The van der Waals surface area contributed by atoms with Gasteiger partial charge in [0.05, 0.1) is 17.8 Å². The maximum Gasteiger partial charge on any atom is 0.307 e. The Kier molecular flexibility index (Phi) is 4.90. The minimum Gasteiger partial charge on any atom is -0.506 e. The second kappa shape index (κ2) is 7.27. The van der Waals surface area contributed by atoms with E-state index in [0.29, 0.717) is 23.5 Å². The molecule has 1 amide bonds. The average molecular weight is 359 g/mol. The number of hydrazone groups is 1. The van der Waals surface area contributed by atoms with Gasteiger partial charge >= 0.3 is 5.91 Å². The van der Waals surface area contributed by atoms with Crippen LogP contribution in [0.2, 0.25) is 5.02 Å². The molecule has 0 saturated carbocycles. The second-order valence-corrected chi connectivity index (χ2v) is 5.56. The van der Waals surface area contributed by atoms with Crippen LogP contribution in [0.4, 0.5) is 0 Å². The summed E-state index contributed by atoms with van der Waals surface area (Å²) in [6.45, 7) is 2.46. The van der Waals surface area contributed by atoms with Gasteiger partial charge in [-0.25, -0.2) is 5.43 Å². The zero-order valence-corrected chi connectivity index (χ0v) is 14.1. The molecule has 0 aliphatic rings. The Morgan fingerprint density at radius 3 is 2.92 bits per heavy atom. The van der Waals surface area contributed by atoms with Crippen molar-refractivity contribution in [2.45, 2.75) is 6.92 Å². The molecule has 3 aromatic rings. The Labute approximate surface area is 148 Å². The monoisotopic (exact) mass is 358 g/mol. The number of phenols is 1. The number of halogens is 1. The minimum atomic E-state index is -0.477. The number of benzene rings is 2. The van der Waals surface area contributed by atoms with Crippen molar-refractivity contribution in [3.8, 4) is 11.5 Å². The fraction of sp³-hybridized carbons (Fsp3) is 0.111. The quantitative estimate of drug-likeness (QED) is 0.534. The molecule has 0 radical (unpaired) electrons. The third-order valence-electron chi connectivity index (χ3n) is 3.37. The molecule has 1 heterocycles. The molecule has 25 heavy (non-hydrogen) atoms. The average Bonchev–Trinajstić information content (AvgIpc) is 3.02. The lowest BCUT2D eigenvalue weighted by molar-refractivity contribution is 0.0929. The Bertz CT molecular complexity index is 949. The van der Waals surface area contributed by atoms with Crippen LogP contribution in [-0.4, -0.2) is 23.8 Å². The Hall–Kier alpha value is -2.99. The first kappa shape index (κ1) is 16.9. The number of hydrogen-bond donors (Lipinski definition) is 2. The molecule has 0 aliphatic heterocycles. The maximum absolute atomic E-state index is 12.1. The number of furan rings is 1. The summed E-state index contributed by atoms with van der Waals surface area (Å²) >= 11 is 5.81. The number of nitrogens with zero attached hydrogens (tertiary/aromatic N) is 1. The Morgan fingerprint density at radius 2 is 2.16 bits per heavy atom. The van der Waals surface area contributed by atoms with E-state index in [2.05, 4.69) is 10.5 Å². The van der Waals surface area contributed by atoms with Gasteiger partial charge in [-0.15, -0.1) is 0 Å². The van der Waals surface area contributed by atoms with Crippen molar-refractivity contribution in [1.29, 1.82) is 0 Å². The first-order chi connectivity index (χ1) is 12.1. The van der Waals surface area contributed by atoms with Crippen molar-refractivity contribution >= 4 is 34.7 Å². The molecule has 2 aromatic carbocycles. The number of hydrogen-bond acceptors (Lipinski definition) is 5. The van der Waals surface area contributed by atoms with Gasteiger partial charge < -0.3 is 14.3 Å². The van der Waals surface area contributed by atoms with E-state index in [1.54, 1.807) is 30.3 Å². The largest absolute Gasteiger partial charge is 0.506 e. The van der Waals surface area contributed by atoms with Crippen molar-refractivity contribution < 1.29 is 19.1 Å². The first-order valence-electron chi connectivity index (χ1n) is 7.55. The van der Waals surface area contributed by atoms with Crippen LogP contribution in [0.3, 0.4) is 0 Å². The van der Waals surface area contributed by atoms with Crippen LogP contribution >= 0.6 is 11.6 Å². The molecule has 0 atom stereocenters. The maximum atomic E-state index is 12.1. The lowest BCUT2D eigenvalue weighted by Crippen LogP contribution is -2.16. The smallest absolute Gasteiger partial charge is 0.307 e. The van der Waals surface area contributed by atoms with Gasteiger partial charge in [0, 0.05) is 5.39 Å². The summed E-state index contributed by atoms with van der Waals surface area (Å²) in [6.07, 6.45) is 1.42. The van der Waals surface area contributed by atoms with E-state index in [1.165, 1.54) is 18.3 Å². The normalized spacial score (nSPS) is 11.1. The van der Waals surface area contributed by atoms with E-state index in [1.807, 2.05) is 6.92 Å². The molecule has 0 fully saturated rings. The highest BCUT2D eigenvalue weighted by Gasteiger charge is 2.12. The number of aromatic hydroxyl groups is 1. The molecule has 7 heteroatoms. The van der Waals surface area contributed by atoms with E-state index in [-0.39, 0.29) is 16.5 Å². The predicted octanol–water partition coefficient (Wildman–Crippen LogP) is 3.95. The van der Waals surface area contributed by atoms with E-state index in [9.17, 15) is 9.90 Å². The number of nitrogens with one attached hydrogen (secondary N) is 1. The first-order valence-corrected chi connectivity index (χ1v) is 7.93. The van der Waals surface area contributed by atoms with Gasteiger partial charge in [-0.3, -0.25) is 4.79 Å². The predicted molar refractivity (Wildman–Crippen MR) is 95.6 cm³/mol. The highest BCUT2D eigenvalue weighted by Crippen LogP contribution is 2.24. The highest BCUT2D eigenvalue weighted by atomic mass is 35.5. The number of fused-ring (bicyclic) bond motifs is 1. The molecular weight excluding hydrogens is 344 g/mol. The molecule has 128 valence electrons. The zero-order chi connectivity index (χ0) is 17.8. The summed E-state index contributed by atoms with van der Waals surface area (Å²) in [7, 11) is 0. The third-order valence-corrected chi connectivity index (χ3v) is 3.68. The van der Waals surface area contributed by atoms with Gasteiger partial charge in [-0.05, 0) is 55.0 Å². The second-order valence-electron chi connectivity index (χ2n) is 5.15. The molecular formula is C18H15ClN2O4. The molecule has 0 bridgehead atoms. The highest BCUT2D eigenvalue weighted by molar-refractivity contribution is 6.32. The van der Waals surface area contributed by atoms with Crippen molar-refractivity contribution in [1.82, 2.24) is 5.43 Å². The van der Waals surface area contributed by atoms with E-state index in [0.717, 1.165) is 5.39 Å². The SMILES string of the molecule is CCOc1ccc2oc(C(=O)N/N=C/c3ccc(O)c(Cl)c3)cc2c1. The number of carbonyl (C=O) groups excluding carboxylic acids is 1. The summed E-state index contributed by atoms with van der Waals surface area (Å²) in [4.78, 5) is 12.1. The topological polar surface area (TPSA) is 84.1 Å². The summed E-state index contributed by atoms with van der Waals surface area (Å²) < 4.78 is 10.9. The summed E-state index contributed by atoms with van der Waals surface area (Å²) in [6, 6.07) is 11.6. The van der Waals surface area contributed by atoms with E-state index < -0.39 is 5.91 Å². The minimum absolute atomic E-state index is 0.0171. The molecule has 0 unspecified atom stereocenters. The fourth-order valence-electron chi connectivity index (χ4n) is 2.21. The Balaban J connectivity index is 1.71. The summed E-state index contributed by atoms with van der Waals surface area (Å²) in [5.74, 6) is 0.362. The number of rotatable bonds is 5. The lowest BCUT2D eigenvalue weighted by atomic mass is 10.2. The molecule has 3 rings (SSSR count). The van der Waals surface area contributed by atoms with Gasteiger partial charge in [0.25, 0.3) is 0 Å². The number of carbonyl (C=O) groups is 1. The van der Waals surface area contributed by atoms with Crippen LogP contribution in [0.15, 0.2) is 52.0 Å². The standard InChI is InChI=1S/C18H15ClN2O4/c1-2-24-13-4-6-16-12(8-13)9-17(25-16)18(23)21-20-10-11-3-5-15(22)14(19)7-11/h3-10,22H,2H2,1H3,(H,21,23)/b20-10+. The van der Waals surface area contributed by atoms with Crippen LogP contribution in [-0.2, 0) is 0 Å². The van der Waals surface area contributed by atoms with Gasteiger partial charge in [0.15, 0.2) is 5.76 Å². The molecule has 1 aromatic heterocycles. The van der Waals surface area contributed by atoms with E-state index in [4.69, 9.17) is 20.8 Å². The molecule has 2 N–H and O–H groups in total. The van der Waals surface area contributed by atoms with Gasteiger partial charge in [-0.2, -0.15) is 5.10 Å². The number of amides is 1. The van der Waals surface area contributed by atoms with Crippen molar-refractivity contribution in [2.75, 3.05) is 6.61 Å². The zero-order valence-electron chi connectivity index (χ0n) is 13.3. The van der Waals surface area contributed by atoms with Crippen LogP contribution in [0.5, 0.6) is 11.5 Å². The van der Waals surface area contributed by atoms with Crippen LogP contribution < -0.4 is 10.2 Å².